The van der Waals surface area contributed by atoms with E-state index < -0.39 is 0 Å². The molecule has 1 aromatic carbocycles. The fourth-order valence-corrected chi connectivity index (χ4v) is 4.32. The molecule has 10 heteroatoms. The second-order valence-electron chi connectivity index (χ2n) is 8.43. The van der Waals surface area contributed by atoms with Crippen LogP contribution in [0.1, 0.15) is 18.9 Å². The van der Waals surface area contributed by atoms with Crippen LogP contribution in [0.15, 0.2) is 23.2 Å². The largest absolute Gasteiger partial charge is 0.497 e. The lowest BCUT2D eigenvalue weighted by Gasteiger charge is -2.34. The Labute approximate surface area is 214 Å². The van der Waals surface area contributed by atoms with Crippen molar-refractivity contribution in [2.75, 3.05) is 73.6 Å². The summed E-state index contributed by atoms with van der Waals surface area (Å²) in [5, 5.41) is 7.00. The Morgan fingerprint density at radius 2 is 1.73 bits per heavy atom. The lowest BCUT2D eigenvalue weighted by atomic mass is 10.2. The molecule has 2 fully saturated rings. The average Bonchev–Trinajstić information content (AvgIpc) is 3.24. The molecule has 2 aliphatic rings. The van der Waals surface area contributed by atoms with Gasteiger partial charge in [0, 0.05) is 85.0 Å². The van der Waals surface area contributed by atoms with Gasteiger partial charge in [-0.15, -0.1) is 24.0 Å². The van der Waals surface area contributed by atoms with Gasteiger partial charge in [-0.05, 0) is 24.1 Å². The van der Waals surface area contributed by atoms with Gasteiger partial charge in [-0.2, -0.15) is 0 Å². The summed E-state index contributed by atoms with van der Waals surface area (Å²) in [5.41, 5.74) is 1.19. The van der Waals surface area contributed by atoms with E-state index in [1.54, 1.807) is 21.1 Å². The highest BCUT2D eigenvalue weighted by Gasteiger charge is 2.24. The van der Waals surface area contributed by atoms with Crippen molar-refractivity contribution in [2.24, 2.45) is 4.99 Å². The second kappa shape index (κ2) is 13.8. The van der Waals surface area contributed by atoms with Gasteiger partial charge < -0.3 is 25.0 Å². The number of likely N-dealkylation sites (tertiary alicyclic amines) is 1. The number of carbonyl (C=O) groups is 1. The molecule has 1 amide bonds. The highest BCUT2D eigenvalue weighted by molar-refractivity contribution is 14.0. The SMILES string of the molecule is CN=C(NCCN1CCN(C(C)=O)CC1)NC1CCN(Cc2cc(OC)cc(OC)c2)C1.I. The van der Waals surface area contributed by atoms with Gasteiger partial charge >= 0.3 is 0 Å². The number of hydrogen-bond acceptors (Lipinski definition) is 6. The van der Waals surface area contributed by atoms with Crippen LogP contribution in [0.4, 0.5) is 0 Å². The van der Waals surface area contributed by atoms with E-state index in [1.807, 2.05) is 18.0 Å². The van der Waals surface area contributed by atoms with Crippen molar-refractivity contribution in [1.82, 2.24) is 25.3 Å². The molecule has 0 bridgehead atoms. The molecule has 0 spiro atoms. The number of aliphatic imine (C=N–C) groups is 1. The van der Waals surface area contributed by atoms with Crippen molar-refractivity contribution in [2.45, 2.75) is 25.9 Å². The number of methoxy groups -OCH3 is 2. The molecular weight excluding hydrogens is 535 g/mol. The lowest BCUT2D eigenvalue weighted by Crippen LogP contribution is -2.51. The third-order valence-electron chi connectivity index (χ3n) is 6.19. The van der Waals surface area contributed by atoms with Gasteiger partial charge in [-0.3, -0.25) is 19.6 Å². The Morgan fingerprint density at radius 3 is 2.30 bits per heavy atom. The van der Waals surface area contributed by atoms with E-state index in [4.69, 9.17) is 9.47 Å². The van der Waals surface area contributed by atoms with Gasteiger partial charge in [0.1, 0.15) is 11.5 Å². The van der Waals surface area contributed by atoms with Crippen LogP contribution in [0.5, 0.6) is 11.5 Å². The molecule has 186 valence electrons. The number of ether oxygens (including phenoxy) is 2. The number of hydrogen-bond donors (Lipinski definition) is 2. The minimum absolute atomic E-state index is 0. The first kappa shape index (κ1) is 27.5. The fraction of sp³-hybridized carbons (Fsp3) is 0.652. The van der Waals surface area contributed by atoms with Crippen LogP contribution >= 0.6 is 24.0 Å². The molecule has 1 atom stereocenters. The third kappa shape index (κ3) is 8.49. The normalized spacial score (nSPS) is 19.7. The molecule has 0 aliphatic carbocycles. The maximum Gasteiger partial charge on any atom is 0.219 e. The van der Waals surface area contributed by atoms with E-state index in [0.29, 0.717) is 6.04 Å². The Kier molecular flexibility index (Phi) is 11.5. The van der Waals surface area contributed by atoms with Crippen LogP contribution < -0.4 is 20.1 Å². The minimum Gasteiger partial charge on any atom is -0.497 e. The van der Waals surface area contributed by atoms with E-state index in [-0.39, 0.29) is 29.9 Å². The van der Waals surface area contributed by atoms with Crippen LogP contribution in [0.25, 0.3) is 0 Å². The van der Waals surface area contributed by atoms with Gasteiger partial charge in [0.2, 0.25) is 5.91 Å². The maximum absolute atomic E-state index is 11.5. The van der Waals surface area contributed by atoms with E-state index in [0.717, 1.165) is 82.8 Å². The maximum atomic E-state index is 11.5. The number of carbonyl (C=O) groups excluding carboxylic acids is 1. The predicted molar refractivity (Wildman–Crippen MR) is 142 cm³/mol. The molecule has 33 heavy (non-hydrogen) atoms. The summed E-state index contributed by atoms with van der Waals surface area (Å²) in [7, 11) is 5.17. The number of rotatable bonds is 8. The number of benzene rings is 1. The smallest absolute Gasteiger partial charge is 0.219 e. The minimum atomic E-state index is 0. The average molecular weight is 575 g/mol. The molecule has 9 nitrogen and oxygen atoms in total. The molecule has 2 heterocycles. The number of halogens is 1. The van der Waals surface area contributed by atoms with Crippen molar-refractivity contribution in [3.05, 3.63) is 23.8 Å². The summed E-state index contributed by atoms with van der Waals surface area (Å²) in [4.78, 5) is 22.6. The summed E-state index contributed by atoms with van der Waals surface area (Å²) in [5.74, 6) is 2.66. The number of amides is 1. The standard InChI is InChI=1S/C23H38N6O3.HI/c1-18(30)29-11-9-27(10-12-29)8-6-25-23(24-2)26-20-5-7-28(17-20)16-19-13-21(31-3)15-22(14-19)32-4;/h13-15,20H,5-12,16-17H2,1-4H3,(H2,24,25,26);1H. The number of piperazine rings is 1. The van der Waals surface area contributed by atoms with E-state index in [9.17, 15) is 4.79 Å². The van der Waals surface area contributed by atoms with Crippen molar-refractivity contribution < 1.29 is 14.3 Å². The first-order valence-electron chi connectivity index (χ1n) is 11.4. The van der Waals surface area contributed by atoms with Crippen LogP contribution in [0.3, 0.4) is 0 Å². The number of nitrogens with one attached hydrogen (secondary N) is 2. The molecule has 3 rings (SSSR count). The second-order valence-corrected chi connectivity index (χ2v) is 8.43. The van der Waals surface area contributed by atoms with Crippen molar-refractivity contribution in [3.8, 4) is 11.5 Å². The molecule has 0 saturated carbocycles. The van der Waals surface area contributed by atoms with E-state index in [2.05, 4.69) is 37.6 Å². The third-order valence-corrected chi connectivity index (χ3v) is 6.19. The van der Waals surface area contributed by atoms with Gasteiger partial charge in [0.05, 0.1) is 14.2 Å². The Morgan fingerprint density at radius 1 is 1.06 bits per heavy atom. The fourth-order valence-electron chi connectivity index (χ4n) is 4.32. The lowest BCUT2D eigenvalue weighted by molar-refractivity contribution is -0.130. The zero-order chi connectivity index (χ0) is 22.9. The van der Waals surface area contributed by atoms with Gasteiger partial charge in [0.15, 0.2) is 5.96 Å². The number of nitrogens with zero attached hydrogens (tertiary/aromatic N) is 4. The molecule has 0 aromatic heterocycles. The molecule has 0 radical (unpaired) electrons. The van der Waals surface area contributed by atoms with Crippen molar-refractivity contribution in [1.29, 1.82) is 0 Å². The molecular formula is C23H39IN6O3. The summed E-state index contributed by atoms with van der Waals surface area (Å²) < 4.78 is 10.8. The van der Waals surface area contributed by atoms with Crippen LogP contribution in [-0.2, 0) is 11.3 Å². The molecule has 2 N–H and O–H groups in total. The Balaban J connectivity index is 0.00000385. The van der Waals surface area contributed by atoms with E-state index in [1.165, 1.54) is 5.56 Å². The van der Waals surface area contributed by atoms with Gasteiger partial charge in [0.25, 0.3) is 0 Å². The predicted octanol–water partition coefficient (Wildman–Crippen LogP) is 1.23. The van der Waals surface area contributed by atoms with Crippen molar-refractivity contribution in [3.63, 3.8) is 0 Å². The summed E-state index contributed by atoms with van der Waals surface area (Å²) in [6.45, 7) is 9.79. The summed E-state index contributed by atoms with van der Waals surface area (Å²) >= 11 is 0. The Bertz CT molecular complexity index is 763. The van der Waals surface area contributed by atoms with E-state index >= 15 is 0 Å². The zero-order valence-electron chi connectivity index (χ0n) is 20.3. The van der Waals surface area contributed by atoms with Crippen LogP contribution in [-0.4, -0.2) is 106 Å². The van der Waals surface area contributed by atoms with Gasteiger partial charge in [-0.25, -0.2) is 0 Å². The highest BCUT2D eigenvalue weighted by Crippen LogP contribution is 2.24. The zero-order valence-corrected chi connectivity index (χ0v) is 22.6. The highest BCUT2D eigenvalue weighted by atomic mass is 127. The van der Waals surface area contributed by atoms with Crippen molar-refractivity contribution >= 4 is 35.8 Å². The molecule has 1 unspecified atom stereocenters. The van der Waals surface area contributed by atoms with Gasteiger partial charge in [-0.1, -0.05) is 0 Å². The number of guanidine groups is 1. The molecule has 2 saturated heterocycles. The van der Waals surface area contributed by atoms with Crippen LogP contribution in [0.2, 0.25) is 0 Å². The quantitative estimate of drug-likeness (QED) is 0.275. The topological polar surface area (TPSA) is 81.7 Å². The summed E-state index contributed by atoms with van der Waals surface area (Å²) in [6, 6.07) is 6.41. The first-order chi connectivity index (χ1) is 15.5. The summed E-state index contributed by atoms with van der Waals surface area (Å²) in [6.07, 6.45) is 1.08. The molecule has 2 aliphatic heterocycles. The molecule has 1 aromatic rings. The Hall–Kier alpha value is -1.79. The first-order valence-corrected chi connectivity index (χ1v) is 11.4. The van der Waals surface area contributed by atoms with Crippen LogP contribution in [0, 0.1) is 0 Å². The monoisotopic (exact) mass is 574 g/mol.